The molecule has 0 aromatic heterocycles. The first-order valence-electron chi connectivity index (χ1n) is 6.08. The lowest BCUT2D eigenvalue weighted by Crippen LogP contribution is -2.26. The summed E-state index contributed by atoms with van der Waals surface area (Å²) >= 11 is 0. The van der Waals surface area contributed by atoms with Crippen molar-refractivity contribution in [2.24, 2.45) is 11.7 Å². The van der Waals surface area contributed by atoms with Crippen molar-refractivity contribution >= 4 is 0 Å². The molecule has 0 heterocycles. The molecule has 0 atom stereocenters. The normalized spacial score (nSPS) is 26.3. The van der Waals surface area contributed by atoms with Crippen LogP contribution in [0.25, 0.3) is 0 Å². The van der Waals surface area contributed by atoms with Gasteiger partial charge in [-0.15, -0.1) is 0 Å². The Kier molecular flexibility index (Phi) is 14.2. The molecular weight excluding hydrogens is 158 g/mol. The fourth-order valence-corrected chi connectivity index (χ4v) is 1.60. The van der Waals surface area contributed by atoms with Crippen LogP contribution in [0.1, 0.15) is 66.7 Å². The summed E-state index contributed by atoms with van der Waals surface area (Å²) < 4.78 is 0. The van der Waals surface area contributed by atoms with E-state index in [1.54, 1.807) is 0 Å². The molecule has 1 aliphatic rings. The van der Waals surface area contributed by atoms with Crippen molar-refractivity contribution < 1.29 is 0 Å². The molecule has 0 bridgehead atoms. The molecule has 1 aliphatic carbocycles. The van der Waals surface area contributed by atoms with Crippen molar-refractivity contribution in [2.45, 2.75) is 72.8 Å². The third kappa shape index (κ3) is 8.29. The fraction of sp³-hybridized carbons (Fsp3) is 1.00. The van der Waals surface area contributed by atoms with E-state index in [-0.39, 0.29) is 0 Å². The molecule has 82 valence electrons. The number of hydrogen-bond acceptors (Lipinski definition) is 1. The average Bonchev–Trinajstić information content (AvgIpc) is 2.25. The van der Waals surface area contributed by atoms with Crippen LogP contribution in [0.3, 0.4) is 0 Å². The van der Waals surface area contributed by atoms with Gasteiger partial charge in [0.25, 0.3) is 0 Å². The largest absolute Gasteiger partial charge is 0.328 e. The lowest BCUT2D eigenvalue weighted by molar-refractivity contribution is 0.319. The van der Waals surface area contributed by atoms with E-state index in [2.05, 4.69) is 6.92 Å². The Morgan fingerprint density at radius 3 is 1.62 bits per heavy atom. The minimum absolute atomic E-state index is 0.521. The van der Waals surface area contributed by atoms with Crippen LogP contribution in [0.2, 0.25) is 0 Å². The van der Waals surface area contributed by atoms with Crippen molar-refractivity contribution in [3.8, 4) is 0 Å². The monoisotopic (exact) mass is 187 g/mol. The van der Waals surface area contributed by atoms with Gasteiger partial charge in [0.15, 0.2) is 0 Å². The summed E-state index contributed by atoms with van der Waals surface area (Å²) in [4.78, 5) is 0. The molecule has 2 N–H and O–H groups in total. The minimum atomic E-state index is 0.521. The molecule has 1 heteroatoms. The standard InChI is InChI=1S/C8H17N.2C2H6/c1-2-7-3-5-8(9)6-4-7;2*1-2/h7-8H,2-6,9H2,1H3;2*1-2H3. The molecule has 0 radical (unpaired) electrons. The van der Waals surface area contributed by atoms with E-state index < -0.39 is 0 Å². The molecule has 0 saturated heterocycles. The molecule has 0 aliphatic heterocycles. The first kappa shape index (κ1) is 15.4. The van der Waals surface area contributed by atoms with Crippen LogP contribution in [0.15, 0.2) is 0 Å². The van der Waals surface area contributed by atoms with Crippen LogP contribution in [-0.4, -0.2) is 6.04 Å². The van der Waals surface area contributed by atoms with E-state index in [9.17, 15) is 0 Å². The van der Waals surface area contributed by atoms with Crippen LogP contribution in [0.4, 0.5) is 0 Å². The van der Waals surface area contributed by atoms with Crippen LogP contribution in [0, 0.1) is 5.92 Å². The second-order valence-corrected chi connectivity index (χ2v) is 3.19. The zero-order chi connectivity index (χ0) is 10.7. The first-order valence-corrected chi connectivity index (χ1v) is 6.08. The zero-order valence-corrected chi connectivity index (χ0v) is 10.3. The molecule has 0 amide bonds. The van der Waals surface area contributed by atoms with Crippen molar-refractivity contribution in [3.63, 3.8) is 0 Å². The summed E-state index contributed by atoms with van der Waals surface area (Å²) in [6.45, 7) is 10.3. The quantitative estimate of drug-likeness (QED) is 0.660. The van der Waals surface area contributed by atoms with Gasteiger partial charge in [0, 0.05) is 6.04 Å². The van der Waals surface area contributed by atoms with Crippen molar-refractivity contribution in [1.29, 1.82) is 0 Å². The Labute approximate surface area is 85.1 Å². The predicted molar refractivity (Wildman–Crippen MR) is 62.9 cm³/mol. The third-order valence-corrected chi connectivity index (χ3v) is 2.47. The van der Waals surface area contributed by atoms with Gasteiger partial charge in [-0.05, 0) is 31.6 Å². The molecule has 0 aromatic rings. The molecule has 1 saturated carbocycles. The molecular formula is C12H29N. The highest BCUT2D eigenvalue weighted by Gasteiger charge is 2.15. The summed E-state index contributed by atoms with van der Waals surface area (Å²) in [5.41, 5.74) is 5.75. The number of nitrogens with two attached hydrogens (primary N) is 1. The first-order chi connectivity index (χ1) is 6.33. The van der Waals surface area contributed by atoms with Crippen LogP contribution < -0.4 is 5.73 Å². The van der Waals surface area contributed by atoms with Crippen LogP contribution >= 0.6 is 0 Å². The van der Waals surface area contributed by atoms with Gasteiger partial charge < -0.3 is 5.73 Å². The molecule has 1 nitrogen and oxygen atoms in total. The summed E-state index contributed by atoms with van der Waals surface area (Å²) in [5, 5.41) is 0. The lowest BCUT2D eigenvalue weighted by Gasteiger charge is -2.24. The Morgan fingerprint density at radius 1 is 0.923 bits per heavy atom. The van der Waals surface area contributed by atoms with E-state index in [4.69, 9.17) is 5.73 Å². The maximum Gasteiger partial charge on any atom is 0.00390 e. The highest BCUT2D eigenvalue weighted by molar-refractivity contribution is 4.72. The van der Waals surface area contributed by atoms with E-state index >= 15 is 0 Å². The highest BCUT2D eigenvalue weighted by Crippen LogP contribution is 2.24. The van der Waals surface area contributed by atoms with Crippen molar-refractivity contribution in [2.75, 3.05) is 0 Å². The van der Waals surface area contributed by atoms with Gasteiger partial charge in [-0.25, -0.2) is 0 Å². The fourth-order valence-electron chi connectivity index (χ4n) is 1.60. The molecule has 0 unspecified atom stereocenters. The molecule has 0 spiro atoms. The predicted octanol–water partition coefficient (Wildman–Crippen LogP) is 3.97. The number of rotatable bonds is 1. The van der Waals surface area contributed by atoms with E-state index in [1.807, 2.05) is 27.7 Å². The van der Waals surface area contributed by atoms with Gasteiger partial charge in [-0.2, -0.15) is 0 Å². The van der Waals surface area contributed by atoms with Crippen LogP contribution in [0.5, 0.6) is 0 Å². The summed E-state index contributed by atoms with van der Waals surface area (Å²) in [7, 11) is 0. The SMILES string of the molecule is CC.CC.CCC1CCC(N)CC1. The molecule has 1 fully saturated rings. The lowest BCUT2D eigenvalue weighted by atomic mass is 9.85. The maximum absolute atomic E-state index is 5.75. The van der Waals surface area contributed by atoms with Gasteiger partial charge in [0.2, 0.25) is 0 Å². The average molecular weight is 187 g/mol. The second kappa shape index (κ2) is 12.0. The second-order valence-electron chi connectivity index (χ2n) is 3.19. The highest BCUT2D eigenvalue weighted by atomic mass is 14.6. The maximum atomic E-state index is 5.75. The van der Waals surface area contributed by atoms with Gasteiger partial charge in [-0.1, -0.05) is 41.0 Å². The third-order valence-electron chi connectivity index (χ3n) is 2.47. The van der Waals surface area contributed by atoms with Crippen molar-refractivity contribution in [3.05, 3.63) is 0 Å². The summed E-state index contributed by atoms with van der Waals surface area (Å²) in [6.07, 6.45) is 6.62. The Balaban J connectivity index is 0. The smallest absolute Gasteiger partial charge is 0.00390 e. The zero-order valence-electron chi connectivity index (χ0n) is 10.3. The summed E-state index contributed by atoms with van der Waals surface area (Å²) in [6, 6.07) is 0.521. The Morgan fingerprint density at radius 2 is 1.31 bits per heavy atom. The van der Waals surface area contributed by atoms with Gasteiger partial charge in [-0.3, -0.25) is 0 Å². The van der Waals surface area contributed by atoms with E-state index in [0.29, 0.717) is 6.04 Å². The van der Waals surface area contributed by atoms with Gasteiger partial charge in [0.05, 0.1) is 0 Å². The summed E-state index contributed by atoms with van der Waals surface area (Å²) in [5.74, 6) is 0.991. The Bertz CT molecular complexity index is 73.2. The van der Waals surface area contributed by atoms with Crippen LogP contribution in [-0.2, 0) is 0 Å². The minimum Gasteiger partial charge on any atom is -0.328 e. The van der Waals surface area contributed by atoms with Gasteiger partial charge in [0.1, 0.15) is 0 Å². The molecule has 13 heavy (non-hydrogen) atoms. The Hall–Kier alpha value is -0.0400. The van der Waals surface area contributed by atoms with Crippen molar-refractivity contribution in [1.82, 2.24) is 0 Å². The topological polar surface area (TPSA) is 26.0 Å². The number of hydrogen-bond donors (Lipinski definition) is 1. The van der Waals surface area contributed by atoms with E-state index in [0.717, 1.165) is 5.92 Å². The van der Waals surface area contributed by atoms with E-state index in [1.165, 1.54) is 32.1 Å². The van der Waals surface area contributed by atoms with Gasteiger partial charge >= 0.3 is 0 Å². The molecule has 1 rings (SSSR count). The molecule has 0 aromatic carbocycles.